The second-order valence-corrected chi connectivity index (χ2v) is 9.41. The number of ether oxygens (including phenoxy) is 1. The molecule has 0 saturated heterocycles. The maximum atomic E-state index is 13.3. The number of hydrogen-bond donors (Lipinski definition) is 1. The van der Waals surface area contributed by atoms with Gasteiger partial charge in [-0.25, -0.2) is 14.4 Å². The molecule has 1 aromatic heterocycles. The number of aromatic nitrogens is 2. The largest absolute Gasteiger partial charge is 0.495 e. The Balaban J connectivity index is 1.61. The number of halogens is 1. The van der Waals surface area contributed by atoms with Crippen molar-refractivity contribution in [3.63, 3.8) is 0 Å². The summed E-state index contributed by atoms with van der Waals surface area (Å²) >= 11 is 2.81. The normalized spacial score (nSPS) is 10.7. The van der Waals surface area contributed by atoms with E-state index in [9.17, 15) is 9.18 Å². The van der Waals surface area contributed by atoms with Crippen molar-refractivity contribution in [2.45, 2.75) is 27.6 Å². The van der Waals surface area contributed by atoms with Gasteiger partial charge in [-0.3, -0.25) is 4.79 Å². The van der Waals surface area contributed by atoms with Gasteiger partial charge in [-0.1, -0.05) is 65.5 Å². The predicted molar refractivity (Wildman–Crippen MR) is 134 cm³/mol. The van der Waals surface area contributed by atoms with E-state index >= 15 is 0 Å². The molecular weight excluding hydrogens is 469 g/mol. The monoisotopic (exact) mass is 491 g/mol. The second kappa shape index (κ2) is 11.2. The summed E-state index contributed by atoms with van der Waals surface area (Å²) in [5.41, 5.74) is 2.92. The summed E-state index contributed by atoms with van der Waals surface area (Å²) in [6.07, 6.45) is 1.67. The van der Waals surface area contributed by atoms with E-state index in [1.54, 1.807) is 37.6 Å². The van der Waals surface area contributed by atoms with Gasteiger partial charge in [0.2, 0.25) is 0 Å². The maximum absolute atomic E-state index is 13.3. The van der Waals surface area contributed by atoms with Crippen molar-refractivity contribution >= 4 is 35.1 Å². The number of nitrogens with zero attached hydrogens (tertiary/aromatic N) is 2. The summed E-state index contributed by atoms with van der Waals surface area (Å²) in [7, 11) is 1.55. The van der Waals surface area contributed by atoms with E-state index in [-0.39, 0.29) is 17.4 Å². The number of thioether (sulfide) groups is 1. The fourth-order valence-electron chi connectivity index (χ4n) is 3.05. The summed E-state index contributed by atoms with van der Waals surface area (Å²) in [5, 5.41) is 3.36. The Hall–Kier alpha value is -3.36. The van der Waals surface area contributed by atoms with Crippen LogP contribution in [0.5, 0.6) is 5.75 Å². The Morgan fingerprint density at radius 1 is 1.03 bits per heavy atom. The molecule has 34 heavy (non-hydrogen) atoms. The van der Waals surface area contributed by atoms with Crippen molar-refractivity contribution in [2.75, 3.05) is 12.4 Å². The van der Waals surface area contributed by atoms with Crippen LogP contribution in [0.4, 0.5) is 10.1 Å². The fraction of sp³-hybridized carbons (Fsp3) is 0.115. The number of amides is 1. The molecule has 0 fully saturated rings. The highest BCUT2D eigenvalue weighted by Crippen LogP contribution is 2.32. The van der Waals surface area contributed by atoms with Crippen LogP contribution in [0.2, 0.25) is 0 Å². The van der Waals surface area contributed by atoms with E-state index in [0.717, 1.165) is 16.0 Å². The molecule has 0 radical (unpaired) electrons. The maximum Gasteiger partial charge on any atom is 0.275 e. The van der Waals surface area contributed by atoms with Gasteiger partial charge in [0.1, 0.15) is 17.3 Å². The number of methoxy groups -OCH3 is 1. The van der Waals surface area contributed by atoms with Crippen molar-refractivity contribution in [1.29, 1.82) is 0 Å². The zero-order chi connectivity index (χ0) is 23.9. The summed E-state index contributed by atoms with van der Waals surface area (Å²) in [6, 6.07) is 21.5. The van der Waals surface area contributed by atoms with Gasteiger partial charge in [-0.15, -0.1) is 0 Å². The van der Waals surface area contributed by atoms with E-state index in [1.807, 2.05) is 43.3 Å². The van der Waals surface area contributed by atoms with Crippen LogP contribution < -0.4 is 10.1 Å². The fourth-order valence-corrected chi connectivity index (χ4v) is 4.69. The minimum atomic E-state index is -0.356. The summed E-state index contributed by atoms with van der Waals surface area (Å²) < 4.78 is 18.5. The third kappa shape index (κ3) is 6.15. The number of benzene rings is 3. The van der Waals surface area contributed by atoms with Gasteiger partial charge in [0, 0.05) is 16.8 Å². The first kappa shape index (κ1) is 23.8. The smallest absolute Gasteiger partial charge is 0.275 e. The highest BCUT2D eigenvalue weighted by Gasteiger charge is 2.18. The molecular formula is C26H22FN3O2S2. The topological polar surface area (TPSA) is 64.1 Å². The number of hydrogen-bond acceptors (Lipinski definition) is 6. The van der Waals surface area contributed by atoms with Crippen molar-refractivity contribution < 1.29 is 13.9 Å². The van der Waals surface area contributed by atoms with Crippen molar-refractivity contribution in [2.24, 2.45) is 0 Å². The summed E-state index contributed by atoms with van der Waals surface area (Å²) in [4.78, 5) is 23.9. The molecule has 1 N–H and O–H groups in total. The van der Waals surface area contributed by atoms with E-state index in [0.29, 0.717) is 27.2 Å². The third-order valence-electron chi connectivity index (χ3n) is 4.83. The van der Waals surface area contributed by atoms with Crippen molar-refractivity contribution in [1.82, 2.24) is 9.97 Å². The Morgan fingerprint density at radius 2 is 1.76 bits per heavy atom. The molecule has 0 atom stereocenters. The van der Waals surface area contributed by atoms with Crippen LogP contribution in [0, 0.1) is 12.7 Å². The molecule has 0 saturated carbocycles. The summed E-state index contributed by atoms with van der Waals surface area (Å²) in [5.74, 6) is 0.477. The second-order valence-electron chi connectivity index (χ2n) is 7.35. The Bertz CT molecular complexity index is 1280. The van der Waals surface area contributed by atoms with Crippen LogP contribution in [0.3, 0.4) is 0 Å². The average molecular weight is 492 g/mol. The van der Waals surface area contributed by atoms with Crippen LogP contribution in [0.1, 0.15) is 21.6 Å². The number of nitrogens with one attached hydrogen (secondary N) is 1. The molecule has 0 unspecified atom stereocenters. The zero-order valence-corrected chi connectivity index (χ0v) is 20.3. The molecule has 0 aliphatic rings. The average Bonchev–Trinajstić information content (AvgIpc) is 2.86. The lowest BCUT2D eigenvalue weighted by atomic mass is 10.2. The highest BCUT2D eigenvalue weighted by molar-refractivity contribution is 7.99. The van der Waals surface area contributed by atoms with Gasteiger partial charge in [0.15, 0.2) is 5.16 Å². The molecule has 3 aromatic carbocycles. The van der Waals surface area contributed by atoms with Crippen LogP contribution in [0.25, 0.3) is 0 Å². The molecule has 0 bridgehead atoms. The van der Waals surface area contributed by atoms with E-state index in [1.165, 1.54) is 35.7 Å². The molecule has 8 heteroatoms. The quantitative estimate of drug-likeness (QED) is 0.220. The van der Waals surface area contributed by atoms with E-state index in [2.05, 4.69) is 15.3 Å². The minimum absolute atomic E-state index is 0.271. The lowest BCUT2D eigenvalue weighted by Gasteiger charge is -2.12. The lowest BCUT2D eigenvalue weighted by molar-refractivity contribution is 0.101. The van der Waals surface area contributed by atoms with Crippen molar-refractivity contribution in [3.8, 4) is 5.75 Å². The molecule has 4 rings (SSSR count). The van der Waals surface area contributed by atoms with Crippen molar-refractivity contribution in [3.05, 3.63) is 102 Å². The number of rotatable bonds is 8. The van der Waals surface area contributed by atoms with Gasteiger partial charge >= 0.3 is 0 Å². The summed E-state index contributed by atoms with van der Waals surface area (Å²) in [6.45, 7) is 2.02. The van der Waals surface area contributed by atoms with Gasteiger partial charge in [-0.05, 0) is 48.9 Å². The molecule has 0 aliphatic heterocycles. The molecule has 4 aromatic rings. The van der Waals surface area contributed by atoms with Crippen LogP contribution in [-0.2, 0) is 5.75 Å². The number of aryl methyl sites for hydroxylation is 1. The third-order valence-corrected chi connectivity index (χ3v) is 6.79. The molecule has 1 heterocycles. The molecule has 0 aliphatic carbocycles. The highest BCUT2D eigenvalue weighted by atomic mass is 32.2. The predicted octanol–water partition coefficient (Wildman–Crippen LogP) is 6.63. The molecule has 1 amide bonds. The SMILES string of the molecule is COc1ccccc1NC(=O)c1nc(SCc2ccc(F)cc2)ncc1Sc1ccc(C)cc1. The van der Waals surface area contributed by atoms with E-state index < -0.39 is 0 Å². The Kier molecular flexibility index (Phi) is 7.82. The lowest BCUT2D eigenvalue weighted by Crippen LogP contribution is -2.16. The first-order chi connectivity index (χ1) is 16.5. The van der Waals surface area contributed by atoms with Crippen LogP contribution in [0.15, 0.2) is 93.9 Å². The van der Waals surface area contributed by atoms with Crippen LogP contribution in [-0.4, -0.2) is 23.0 Å². The number of para-hydroxylation sites is 2. The number of anilines is 1. The van der Waals surface area contributed by atoms with Gasteiger partial charge in [-0.2, -0.15) is 0 Å². The molecule has 172 valence electrons. The van der Waals surface area contributed by atoms with E-state index in [4.69, 9.17) is 4.74 Å². The van der Waals surface area contributed by atoms with Gasteiger partial charge in [0.25, 0.3) is 5.91 Å². The van der Waals surface area contributed by atoms with Gasteiger partial charge in [0.05, 0.1) is 17.7 Å². The first-order valence-corrected chi connectivity index (χ1v) is 12.2. The first-order valence-electron chi connectivity index (χ1n) is 10.4. The Labute approximate surface area is 206 Å². The number of carbonyl (C=O) groups excluding carboxylic acids is 1. The van der Waals surface area contributed by atoms with Crippen LogP contribution >= 0.6 is 23.5 Å². The zero-order valence-electron chi connectivity index (χ0n) is 18.6. The number of carbonyl (C=O) groups is 1. The minimum Gasteiger partial charge on any atom is -0.495 e. The van der Waals surface area contributed by atoms with Gasteiger partial charge < -0.3 is 10.1 Å². The molecule has 0 spiro atoms. The molecule has 5 nitrogen and oxygen atoms in total. The Morgan fingerprint density at radius 3 is 2.50 bits per heavy atom. The standard InChI is InChI=1S/C26H22FN3O2S2/c1-17-7-13-20(14-8-17)34-23-15-28-26(33-16-18-9-11-19(27)12-10-18)30-24(23)25(31)29-21-5-3-4-6-22(21)32-2/h3-15H,16H2,1-2H3,(H,29,31).